The monoisotopic (exact) mass is 165 g/mol. The SMILES string of the molecule is CC(C)=CCNc1ccn(C)n1. The van der Waals surface area contributed by atoms with Crippen LogP contribution in [0.5, 0.6) is 0 Å². The van der Waals surface area contributed by atoms with Crippen molar-refractivity contribution in [1.29, 1.82) is 0 Å². The summed E-state index contributed by atoms with van der Waals surface area (Å²) < 4.78 is 1.78. The van der Waals surface area contributed by atoms with Crippen LogP contribution in [0, 0.1) is 0 Å². The Kier molecular flexibility index (Phi) is 2.91. The van der Waals surface area contributed by atoms with Gasteiger partial charge in [0.15, 0.2) is 0 Å². The van der Waals surface area contributed by atoms with Gasteiger partial charge < -0.3 is 5.32 Å². The number of nitrogens with one attached hydrogen (secondary N) is 1. The van der Waals surface area contributed by atoms with Crippen molar-refractivity contribution in [1.82, 2.24) is 9.78 Å². The standard InChI is InChI=1S/C9H15N3/c1-8(2)4-6-10-9-5-7-12(3)11-9/h4-5,7H,6H2,1-3H3,(H,10,11). The van der Waals surface area contributed by atoms with E-state index in [1.165, 1.54) is 5.57 Å². The number of hydrogen-bond donors (Lipinski definition) is 1. The van der Waals surface area contributed by atoms with Crippen molar-refractivity contribution in [3.63, 3.8) is 0 Å². The molecule has 1 heterocycles. The van der Waals surface area contributed by atoms with Gasteiger partial charge in [-0.2, -0.15) is 5.10 Å². The molecule has 0 radical (unpaired) electrons. The molecule has 0 unspecified atom stereocenters. The molecule has 0 fully saturated rings. The zero-order chi connectivity index (χ0) is 8.97. The lowest BCUT2D eigenvalue weighted by Gasteiger charge is -1.97. The van der Waals surface area contributed by atoms with Crippen molar-refractivity contribution in [2.24, 2.45) is 7.05 Å². The fraction of sp³-hybridized carbons (Fsp3) is 0.444. The summed E-state index contributed by atoms with van der Waals surface area (Å²) in [5.41, 5.74) is 1.32. The number of allylic oxidation sites excluding steroid dienone is 1. The van der Waals surface area contributed by atoms with Gasteiger partial charge in [0.2, 0.25) is 0 Å². The zero-order valence-corrected chi connectivity index (χ0v) is 7.83. The van der Waals surface area contributed by atoms with Crippen LogP contribution in [0.4, 0.5) is 5.82 Å². The number of anilines is 1. The molecule has 0 spiro atoms. The second-order valence-electron chi connectivity index (χ2n) is 3.04. The number of aromatic nitrogens is 2. The first-order chi connectivity index (χ1) is 5.68. The summed E-state index contributed by atoms with van der Waals surface area (Å²) in [5, 5.41) is 7.37. The average molecular weight is 165 g/mol. The number of hydrogen-bond acceptors (Lipinski definition) is 2. The molecule has 12 heavy (non-hydrogen) atoms. The Morgan fingerprint density at radius 2 is 2.42 bits per heavy atom. The molecule has 1 aromatic heterocycles. The Morgan fingerprint density at radius 3 is 2.92 bits per heavy atom. The number of aryl methyl sites for hydroxylation is 1. The van der Waals surface area contributed by atoms with E-state index in [0.29, 0.717) is 0 Å². The first-order valence-electron chi connectivity index (χ1n) is 4.05. The second kappa shape index (κ2) is 3.95. The Labute approximate surface area is 73.1 Å². The van der Waals surface area contributed by atoms with Crippen molar-refractivity contribution >= 4 is 5.82 Å². The molecule has 0 saturated carbocycles. The van der Waals surface area contributed by atoms with Crippen LogP contribution in [0.2, 0.25) is 0 Å². The highest BCUT2D eigenvalue weighted by molar-refractivity contribution is 5.32. The highest BCUT2D eigenvalue weighted by Crippen LogP contribution is 2.00. The van der Waals surface area contributed by atoms with E-state index in [-0.39, 0.29) is 0 Å². The van der Waals surface area contributed by atoms with Crippen LogP contribution in [0.3, 0.4) is 0 Å². The fourth-order valence-electron chi connectivity index (χ4n) is 0.869. The van der Waals surface area contributed by atoms with Crippen molar-refractivity contribution < 1.29 is 0 Å². The number of rotatable bonds is 3. The summed E-state index contributed by atoms with van der Waals surface area (Å²) in [6, 6.07) is 1.96. The summed E-state index contributed by atoms with van der Waals surface area (Å²) in [5.74, 6) is 0.926. The van der Waals surface area contributed by atoms with Gasteiger partial charge in [0, 0.05) is 25.9 Å². The summed E-state index contributed by atoms with van der Waals surface area (Å²) in [4.78, 5) is 0. The first kappa shape index (κ1) is 8.84. The van der Waals surface area contributed by atoms with Gasteiger partial charge >= 0.3 is 0 Å². The minimum absolute atomic E-state index is 0.847. The largest absolute Gasteiger partial charge is 0.365 e. The molecule has 0 aliphatic carbocycles. The molecule has 3 heteroatoms. The molecule has 0 atom stereocenters. The van der Waals surface area contributed by atoms with Crippen LogP contribution >= 0.6 is 0 Å². The maximum Gasteiger partial charge on any atom is 0.148 e. The number of nitrogens with zero attached hydrogens (tertiary/aromatic N) is 2. The van der Waals surface area contributed by atoms with Crippen LogP contribution in [0.15, 0.2) is 23.9 Å². The Morgan fingerprint density at radius 1 is 1.67 bits per heavy atom. The summed E-state index contributed by atoms with van der Waals surface area (Å²) in [6.45, 7) is 5.01. The quantitative estimate of drug-likeness (QED) is 0.692. The van der Waals surface area contributed by atoms with Gasteiger partial charge in [0.05, 0.1) is 0 Å². The smallest absolute Gasteiger partial charge is 0.148 e. The summed E-state index contributed by atoms with van der Waals surface area (Å²) in [6.07, 6.45) is 4.06. The van der Waals surface area contributed by atoms with Gasteiger partial charge in [0.25, 0.3) is 0 Å². The fourth-order valence-corrected chi connectivity index (χ4v) is 0.869. The average Bonchev–Trinajstić information content (AvgIpc) is 2.35. The van der Waals surface area contributed by atoms with E-state index in [0.717, 1.165) is 12.4 Å². The van der Waals surface area contributed by atoms with E-state index >= 15 is 0 Å². The third kappa shape index (κ3) is 2.78. The highest BCUT2D eigenvalue weighted by Gasteiger charge is 1.91. The molecular formula is C9H15N3. The molecular weight excluding hydrogens is 150 g/mol. The van der Waals surface area contributed by atoms with Crippen LogP contribution in [-0.4, -0.2) is 16.3 Å². The Balaban J connectivity index is 2.38. The zero-order valence-electron chi connectivity index (χ0n) is 7.83. The molecule has 1 N–H and O–H groups in total. The predicted molar refractivity (Wildman–Crippen MR) is 51.1 cm³/mol. The lowest BCUT2D eigenvalue weighted by molar-refractivity contribution is 0.769. The van der Waals surface area contributed by atoms with E-state index in [2.05, 4.69) is 30.3 Å². The van der Waals surface area contributed by atoms with Crippen LogP contribution in [-0.2, 0) is 7.05 Å². The van der Waals surface area contributed by atoms with Gasteiger partial charge in [0.1, 0.15) is 5.82 Å². The van der Waals surface area contributed by atoms with E-state index in [1.807, 2.05) is 19.3 Å². The minimum Gasteiger partial charge on any atom is -0.365 e. The van der Waals surface area contributed by atoms with E-state index in [1.54, 1.807) is 4.68 Å². The molecule has 1 aromatic rings. The second-order valence-corrected chi connectivity index (χ2v) is 3.04. The Hall–Kier alpha value is -1.25. The topological polar surface area (TPSA) is 29.9 Å². The van der Waals surface area contributed by atoms with Crippen LogP contribution < -0.4 is 5.32 Å². The molecule has 0 aromatic carbocycles. The predicted octanol–water partition coefficient (Wildman–Crippen LogP) is 1.80. The van der Waals surface area contributed by atoms with Crippen molar-refractivity contribution in [2.45, 2.75) is 13.8 Å². The summed E-state index contributed by atoms with van der Waals surface area (Å²) in [7, 11) is 1.91. The highest BCUT2D eigenvalue weighted by atomic mass is 15.3. The molecule has 0 aliphatic rings. The van der Waals surface area contributed by atoms with Gasteiger partial charge in [-0.3, -0.25) is 4.68 Å². The molecule has 0 bridgehead atoms. The molecule has 0 saturated heterocycles. The van der Waals surface area contributed by atoms with Crippen LogP contribution in [0.25, 0.3) is 0 Å². The first-order valence-corrected chi connectivity index (χ1v) is 4.05. The van der Waals surface area contributed by atoms with Gasteiger partial charge in [-0.1, -0.05) is 11.6 Å². The molecule has 66 valence electrons. The van der Waals surface area contributed by atoms with E-state index in [4.69, 9.17) is 0 Å². The summed E-state index contributed by atoms with van der Waals surface area (Å²) >= 11 is 0. The maximum atomic E-state index is 4.18. The van der Waals surface area contributed by atoms with E-state index in [9.17, 15) is 0 Å². The van der Waals surface area contributed by atoms with E-state index < -0.39 is 0 Å². The molecule has 1 rings (SSSR count). The van der Waals surface area contributed by atoms with Gasteiger partial charge in [-0.05, 0) is 13.8 Å². The van der Waals surface area contributed by atoms with Crippen molar-refractivity contribution in [3.8, 4) is 0 Å². The van der Waals surface area contributed by atoms with Gasteiger partial charge in [-0.25, -0.2) is 0 Å². The normalized spacial score (nSPS) is 9.58. The Bertz CT molecular complexity index is 269. The van der Waals surface area contributed by atoms with Gasteiger partial charge in [-0.15, -0.1) is 0 Å². The minimum atomic E-state index is 0.847. The van der Waals surface area contributed by atoms with Crippen molar-refractivity contribution in [3.05, 3.63) is 23.9 Å². The maximum absolute atomic E-state index is 4.18. The molecule has 0 aliphatic heterocycles. The van der Waals surface area contributed by atoms with Crippen LogP contribution in [0.1, 0.15) is 13.8 Å². The lowest BCUT2D eigenvalue weighted by atomic mass is 10.3. The van der Waals surface area contributed by atoms with Crippen molar-refractivity contribution in [2.75, 3.05) is 11.9 Å². The molecule has 3 nitrogen and oxygen atoms in total. The third-order valence-corrected chi connectivity index (χ3v) is 1.51. The third-order valence-electron chi connectivity index (χ3n) is 1.51. The lowest BCUT2D eigenvalue weighted by Crippen LogP contribution is -2.00. The molecule has 0 amide bonds.